The topological polar surface area (TPSA) is 171 Å². The summed E-state index contributed by atoms with van der Waals surface area (Å²) in [5.41, 5.74) is 2.49. The molecule has 4 unspecified atom stereocenters. The van der Waals surface area contributed by atoms with Gasteiger partial charge in [-0.1, -0.05) is 35.9 Å². The van der Waals surface area contributed by atoms with Crippen LogP contribution in [0.25, 0.3) is 0 Å². The van der Waals surface area contributed by atoms with Crippen LogP contribution in [-0.2, 0) is 11.2 Å². The van der Waals surface area contributed by atoms with E-state index in [0.29, 0.717) is 23.6 Å². The SMILES string of the molecule is CC(O)CO.CCOc1ccc(Cc2cc(C3OC(CO)[C@@H](O)C(O)[C@H]3O)ccc2Cl)cc1.O. The van der Waals surface area contributed by atoms with Gasteiger partial charge in [-0.2, -0.15) is 0 Å². The van der Waals surface area contributed by atoms with Crippen LogP contribution in [0, 0.1) is 0 Å². The number of rotatable bonds is 7. The van der Waals surface area contributed by atoms with Gasteiger partial charge in [0, 0.05) is 5.02 Å². The average Bonchev–Trinajstić information content (AvgIpc) is 2.81. The van der Waals surface area contributed by atoms with Crippen molar-refractivity contribution < 1.29 is 45.6 Å². The molecule has 0 radical (unpaired) electrons. The second kappa shape index (κ2) is 14.6. The van der Waals surface area contributed by atoms with Crippen LogP contribution in [0.4, 0.5) is 0 Å². The maximum absolute atomic E-state index is 10.3. The third-order valence-electron chi connectivity index (χ3n) is 5.18. The van der Waals surface area contributed by atoms with E-state index in [1.807, 2.05) is 37.3 Å². The van der Waals surface area contributed by atoms with Gasteiger partial charge in [0.1, 0.15) is 36.3 Å². The molecule has 6 atom stereocenters. The van der Waals surface area contributed by atoms with Crippen LogP contribution < -0.4 is 4.74 Å². The zero-order chi connectivity index (χ0) is 24.5. The molecule has 1 heterocycles. The molecule has 3 rings (SSSR count). The molecule has 1 aliphatic heterocycles. The van der Waals surface area contributed by atoms with Crippen LogP contribution in [0.2, 0.25) is 5.02 Å². The molecular weight excluding hydrogens is 468 g/mol. The minimum atomic E-state index is -1.42. The fourth-order valence-corrected chi connectivity index (χ4v) is 3.56. The Balaban J connectivity index is 0.000000873. The summed E-state index contributed by atoms with van der Waals surface area (Å²) < 4.78 is 11.1. The summed E-state index contributed by atoms with van der Waals surface area (Å²) in [6, 6.07) is 12.9. The van der Waals surface area contributed by atoms with Crippen molar-refractivity contribution in [1.82, 2.24) is 0 Å². The number of benzene rings is 2. The molecule has 10 heteroatoms. The van der Waals surface area contributed by atoms with Crippen molar-refractivity contribution in [3.63, 3.8) is 0 Å². The number of hydrogen-bond acceptors (Lipinski definition) is 8. The van der Waals surface area contributed by atoms with Gasteiger partial charge in [-0.15, -0.1) is 0 Å². The van der Waals surface area contributed by atoms with E-state index in [0.717, 1.165) is 16.9 Å². The Morgan fingerprint density at radius 1 is 1.00 bits per heavy atom. The van der Waals surface area contributed by atoms with Crippen molar-refractivity contribution in [1.29, 1.82) is 0 Å². The highest BCUT2D eigenvalue weighted by molar-refractivity contribution is 6.31. The Labute approximate surface area is 204 Å². The molecule has 0 bridgehead atoms. The molecule has 2 aromatic rings. The lowest BCUT2D eigenvalue weighted by atomic mass is 9.90. The van der Waals surface area contributed by atoms with Crippen molar-refractivity contribution in [2.24, 2.45) is 0 Å². The first kappa shape index (κ1) is 30.2. The largest absolute Gasteiger partial charge is 0.494 e. The number of aliphatic hydroxyl groups excluding tert-OH is 6. The summed E-state index contributed by atoms with van der Waals surface area (Å²) in [5.74, 6) is 0.799. The molecule has 0 amide bonds. The molecular formula is C24H35ClO9. The normalized spacial score (nSPS) is 24.9. The predicted molar refractivity (Wildman–Crippen MR) is 127 cm³/mol. The van der Waals surface area contributed by atoms with Crippen molar-refractivity contribution >= 4 is 11.6 Å². The molecule has 0 aromatic heterocycles. The molecule has 9 nitrogen and oxygen atoms in total. The lowest BCUT2D eigenvalue weighted by Gasteiger charge is -2.40. The van der Waals surface area contributed by atoms with Crippen LogP contribution in [0.15, 0.2) is 42.5 Å². The van der Waals surface area contributed by atoms with E-state index in [4.69, 9.17) is 31.3 Å². The molecule has 0 spiro atoms. The predicted octanol–water partition coefficient (Wildman–Crippen LogP) is 0.379. The summed E-state index contributed by atoms with van der Waals surface area (Å²) in [7, 11) is 0. The second-order valence-electron chi connectivity index (χ2n) is 7.89. The van der Waals surface area contributed by atoms with Crippen molar-refractivity contribution in [2.75, 3.05) is 19.8 Å². The Morgan fingerprint density at radius 3 is 2.15 bits per heavy atom. The monoisotopic (exact) mass is 502 g/mol. The van der Waals surface area contributed by atoms with Crippen LogP contribution in [-0.4, -0.2) is 86.5 Å². The van der Waals surface area contributed by atoms with E-state index < -0.39 is 43.2 Å². The Morgan fingerprint density at radius 2 is 1.62 bits per heavy atom. The summed E-state index contributed by atoms with van der Waals surface area (Å²) in [5, 5.41) is 56.3. The van der Waals surface area contributed by atoms with Gasteiger partial charge >= 0.3 is 0 Å². The Kier molecular flexibility index (Phi) is 13.0. The highest BCUT2D eigenvalue weighted by atomic mass is 35.5. The van der Waals surface area contributed by atoms with E-state index in [-0.39, 0.29) is 12.1 Å². The minimum absolute atomic E-state index is 0. The molecule has 2 aromatic carbocycles. The van der Waals surface area contributed by atoms with Gasteiger partial charge in [-0.25, -0.2) is 0 Å². The molecule has 0 saturated carbocycles. The molecule has 192 valence electrons. The van der Waals surface area contributed by atoms with E-state index >= 15 is 0 Å². The number of ether oxygens (including phenoxy) is 2. The Bertz CT molecular complexity index is 845. The fourth-order valence-electron chi connectivity index (χ4n) is 3.37. The number of halogens is 1. The fraction of sp³-hybridized carbons (Fsp3) is 0.500. The molecule has 1 saturated heterocycles. The van der Waals surface area contributed by atoms with Gasteiger partial charge in [0.2, 0.25) is 0 Å². The van der Waals surface area contributed by atoms with Gasteiger partial charge in [-0.3, -0.25) is 0 Å². The van der Waals surface area contributed by atoms with Gasteiger partial charge in [0.15, 0.2) is 0 Å². The van der Waals surface area contributed by atoms with Gasteiger partial charge in [0.25, 0.3) is 0 Å². The van der Waals surface area contributed by atoms with E-state index in [2.05, 4.69) is 0 Å². The number of aliphatic hydroxyl groups is 6. The lowest BCUT2D eigenvalue weighted by Crippen LogP contribution is -2.55. The van der Waals surface area contributed by atoms with Crippen molar-refractivity contribution in [3.8, 4) is 5.75 Å². The van der Waals surface area contributed by atoms with Crippen LogP contribution in [0.3, 0.4) is 0 Å². The summed E-state index contributed by atoms with van der Waals surface area (Å²) >= 11 is 6.35. The van der Waals surface area contributed by atoms with E-state index in [1.165, 1.54) is 6.92 Å². The maximum atomic E-state index is 10.3. The van der Waals surface area contributed by atoms with E-state index in [1.54, 1.807) is 12.1 Å². The standard InChI is InChI=1S/C21H25ClO6.C3H8O2.H2O/c1-2-27-15-6-3-12(4-7-15)9-14-10-13(5-8-16(14)22)21-20(26)19(25)18(24)17(11-23)28-21;1-3(5)2-4;/h3-8,10,17-21,23-26H,2,9,11H2,1H3;3-5H,2H2,1H3;1H2/t17?,18-,19?,20-,21?;;/m1../s1. The highest BCUT2D eigenvalue weighted by Crippen LogP contribution is 2.34. The van der Waals surface area contributed by atoms with Gasteiger partial charge in [-0.05, 0) is 55.2 Å². The molecule has 0 aliphatic carbocycles. The van der Waals surface area contributed by atoms with E-state index in [9.17, 15) is 20.4 Å². The zero-order valence-electron chi connectivity index (χ0n) is 19.2. The van der Waals surface area contributed by atoms with Crippen LogP contribution in [0.5, 0.6) is 5.75 Å². The second-order valence-corrected chi connectivity index (χ2v) is 8.29. The number of hydrogen-bond donors (Lipinski definition) is 6. The maximum Gasteiger partial charge on any atom is 0.119 e. The minimum Gasteiger partial charge on any atom is -0.494 e. The lowest BCUT2D eigenvalue weighted by molar-refractivity contribution is -0.231. The third-order valence-corrected chi connectivity index (χ3v) is 5.55. The van der Waals surface area contributed by atoms with Crippen molar-refractivity contribution in [2.45, 2.75) is 56.9 Å². The van der Waals surface area contributed by atoms with Gasteiger partial charge in [0.05, 0.1) is 25.9 Å². The molecule has 1 aliphatic rings. The Hall–Kier alpha value is -1.79. The molecule has 34 heavy (non-hydrogen) atoms. The zero-order valence-corrected chi connectivity index (χ0v) is 20.0. The summed E-state index contributed by atoms with van der Waals surface area (Å²) in [6.07, 6.45) is -5.95. The summed E-state index contributed by atoms with van der Waals surface area (Å²) in [4.78, 5) is 0. The first-order valence-electron chi connectivity index (χ1n) is 10.8. The van der Waals surface area contributed by atoms with Gasteiger partial charge < -0.3 is 45.6 Å². The van der Waals surface area contributed by atoms with Crippen LogP contribution in [0.1, 0.15) is 36.6 Å². The van der Waals surface area contributed by atoms with Crippen molar-refractivity contribution in [3.05, 3.63) is 64.2 Å². The highest BCUT2D eigenvalue weighted by Gasteiger charge is 2.44. The quantitative estimate of drug-likeness (QED) is 0.315. The van der Waals surface area contributed by atoms with Crippen LogP contribution >= 0.6 is 11.6 Å². The molecule has 1 fully saturated rings. The average molecular weight is 503 g/mol. The first-order chi connectivity index (χ1) is 15.7. The smallest absolute Gasteiger partial charge is 0.119 e. The summed E-state index contributed by atoms with van der Waals surface area (Å²) in [6.45, 7) is 3.46. The molecule has 8 N–H and O–H groups in total. The first-order valence-corrected chi connectivity index (χ1v) is 11.2. The third kappa shape index (κ3) is 8.16.